The maximum absolute atomic E-state index is 7.39. The van der Waals surface area contributed by atoms with Crippen molar-refractivity contribution in [2.24, 2.45) is 11.7 Å². The number of nitrogens with zero attached hydrogens (tertiary/aromatic N) is 2. The highest BCUT2D eigenvalue weighted by molar-refractivity contribution is 5.93. The molecule has 0 radical (unpaired) electrons. The van der Waals surface area contributed by atoms with E-state index >= 15 is 0 Å². The van der Waals surface area contributed by atoms with Crippen LogP contribution in [0, 0.1) is 11.3 Å². The van der Waals surface area contributed by atoms with Gasteiger partial charge in [-0.25, -0.2) is 4.98 Å². The molecule has 1 aliphatic heterocycles. The normalized spacial score (nSPS) is 24.8. The highest BCUT2D eigenvalue weighted by atomic mass is 15.2. The van der Waals surface area contributed by atoms with Crippen LogP contribution in [0.3, 0.4) is 0 Å². The number of anilines is 1. The average Bonchev–Trinajstić information content (AvgIpc) is 2.58. The molecule has 2 heterocycles. The van der Waals surface area contributed by atoms with Crippen LogP contribution in [0.4, 0.5) is 5.82 Å². The molecule has 2 atom stereocenters. The molecule has 2 unspecified atom stereocenters. The van der Waals surface area contributed by atoms with Crippen LogP contribution < -0.4 is 10.6 Å². The van der Waals surface area contributed by atoms with E-state index < -0.39 is 0 Å². The Labute approximate surface area is 96.0 Å². The molecule has 4 heteroatoms. The number of pyridine rings is 1. The number of amidine groups is 1. The van der Waals surface area contributed by atoms with Crippen molar-refractivity contribution in [3.05, 3.63) is 23.9 Å². The van der Waals surface area contributed by atoms with E-state index in [0.717, 1.165) is 12.4 Å². The summed E-state index contributed by atoms with van der Waals surface area (Å²) in [6, 6.07) is 6.19. The second-order valence-corrected chi connectivity index (χ2v) is 4.64. The molecule has 0 bridgehead atoms. The Morgan fingerprint density at radius 3 is 2.81 bits per heavy atom. The third-order valence-corrected chi connectivity index (χ3v) is 3.09. The molecule has 1 aromatic rings. The van der Waals surface area contributed by atoms with Crippen molar-refractivity contribution in [3.8, 4) is 0 Å². The number of nitrogen functional groups attached to an aromatic ring is 1. The maximum atomic E-state index is 7.39. The highest BCUT2D eigenvalue weighted by Crippen LogP contribution is 2.27. The molecule has 4 nitrogen and oxygen atoms in total. The molecule has 1 aromatic heterocycles. The molecule has 0 aromatic carbocycles. The molecule has 0 aliphatic carbocycles. The van der Waals surface area contributed by atoms with E-state index in [1.54, 1.807) is 6.07 Å². The molecular weight excluding hydrogens is 200 g/mol. The van der Waals surface area contributed by atoms with Gasteiger partial charge in [0.1, 0.15) is 17.3 Å². The summed E-state index contributed by atoms with van der Waals surface area (Å²) >= 11 is 0. The summed E-state index contributed by atoms with van der Waals surface area (Å²) in [5.41, 5.74) is 6.01. The van der Waals surface area contributed by atoms with Gasteiger partial charge in [-0.1, -0.05) is 13.0 Å². The standard InChI is InChI=1S/C12H18N4/c1-8-6-9(2)16(7-8)11-5-3-4-10(15-11)12(13)14/h3-5,8-9H,6-7H2,1-2H3,(H3,13,14). The molecule has 0 amide bonds. The first-order chi connectivity index (χ1) is 7.58. The van der Waals surface area contributed by atoms with Crippen LogP contribution in [0.5, 0.6) is 0 Å². The van der Waals surface area contributed by atoms with Crippen molar-refractivity contribution in [1.29, 1.82) is 5.41 Å². The van der Waals surface area contributed by atoms with Gasteiger partial charge in [0.2, 0.25) is 0 Å². The van der Waals surface area contributed by atoms with Crippen molar-refractivity contribution in [2.45, 2.75) is 26.3 Å². The topological polar surface area (TPSA) is 66.0 Å². The van der Waals surface area contributed by atoms with E-state index in [1.807, 2.05) is 12.1 Å². The van der Waals surface area contributed by atoms with Crippen LogP contribution in [0.15, 0.2) is 18.2 Å². The molecule has 1 saturated heterocycles. The van der Waals surface area contributed by atoms with Crippen molar-refractivity contribution >= 4 is 11.7 Å². The fourth-order valence-corrected chi connectivity index (χ4v) is 2.35. The Morgan fingerprint density at radius 2 is 2.25 bits per heavy atom. The second-order valence-electron chi connectivity index (χ2n) is 4.64. The number of aromatic nitrogens is 1. The number of nitrogens with one attached hydrogen (secondary N) is 1. The van der Waals surface area contributed by atoms with Gasteiger partial charge in [-0.2, -0.15) is 0 Å². The van der Waals surface area contributed by atoms with Gasteiger partial charge in [-0.05, 0) is 31.4 Å². The smallest absolute Gasteiger partial charge is 0.141 e. The molecular formula is C12H18N4. The van der Waals surface area contributed by atoms with Crippen molar-refractivity contribution < 1.29 is 0 Å². The summed E-state index contributed by atoms with van der Waals surface area (Å²) in [6.07, 6.45) is 1.20. The van der Waals surface area contributed by atoms with Crippen LogP contribution in [-0.4, -0.2) is 23.4 Å². The lowest BCUT2D eigenvalue weighted by molar-refractivity contribution is 0.625. The minimum absolute atomic E-state index is 0.0294. The minimum atomic E-state index is 0.0294. The van der Waals surface area contributed by atoms with Crippen molar-refractivity contribution in [2.75, 3.05) is 11.4 Å². The summed E-state index contributed by atoms with van der Waals surface area (Å²) in [7, 11) is 0. The van der Waals surface area contributed by atoms with Crippen LogP contribution >= 0.6 is 0 Å². The fourth-order valence-electron chi connectivity index (χ4n) is 2.35. The Morgan fingerprint density at radius 1 is 1.50 bits per heavy atom. The zero-order valence-corrected chi connectivity index (χ0v) is 9.77. The zero-order valence-electron chi connectivity index (χ0n) is 9.77. The third kappa shape index (κ3) is 2.01. The molecule has 1 fully saturated rings. The summed E-state index contributed by atoms with van der Waals surface area (Å²) in [4.78, 5) is 6.70. The van der Waals surface area contributed by atoms with E-state index in [-0.39, 0.29) is 5.84 Å². The van der Waals surface area contributed by atoms with Gasteiger partial charge in [0, 0.05) is 12.6 Å². The molecule has 86 valence electrons. The van der Waals surface area contributed by atoms with Gasteiger partial charge in [0.15, 0.2) is 0 Å². The van der Waals surface area contributed by atoms with Gasteiger partial charge in [-0.15, -0.1) is 0 Å². The summed E-state index contributed by atoms with van der Waals surface area (Å²) in [5.74, 6) is 1.67. The fraction of sp³-hybridized carbons (Fsp3) is 0.500. The Bertz CT molecular complexity index is 402. The first-order valence-electron chi connectivity index (χ1n) is 5.66. The van der Waals surface area contributed by atoms with Crippen LogP contribution in [0.1, 0.15) is 26.0 Å². The van der Waals surface area contributed by atoms with E-state index in [1.165, 1.54) is 6.42 Å². The van der Waals surface area contributed by atoms with Crippen molar-refractivity contribution in [1.82, 2.24) is 4.98 Å². The van der Waals surface area contributed by atoms with Crippen LogP contribution in [0.25, 0.3) is 0 Å². The number of nitrogens with two attached hydrogens (primary N) is 1. The number of hydrogen-bond donors (Lipinski definition) is 2. The Hall–Kier alpha value is -1.58. The van der Waals surface area contributed by atoms with E-state index in [4.69, 9.17) is 11.1 Å². The molecule has 2 rings (SSSR count). The lowest BCUT2D eigenvalue weighted by atomic mass is 10.1. The predicted octanol–water partition coefficient (Wildman–Crippen LogP) is 1.60. The van der Waals surface area contributed by atoms with Crippen LogP contribution in [-0.2, 0) is 0 Å². The van der Waals surface area contributed by atoms with Crippen LogP contribution in [0.2, 0.25) is 0 Å². The van der Waals surface area contributed by atoms with Crippen molar-refractivity contribution in [3.63, 3.8) is 0 Å². The first-order valence-corrected chi connectivity index (χ1v) is 5.66. The van der Waals surface area contributed by atoms with E-state index in [9.17, 15) is 0 Å². The molecule has 16 heavy (non-hydrogen) atoms. The Balaban J connectivity index is 2.27. The summed E-state index contributed by atoms with van der Waals surface area (Å²) < 4.78 is 0. The van der Waals surface area contributed by atoms with Gasteiger partial charge < -0.3 is 10.6 Å². The Kier molecular flexibility index (Phi) is 2.81. The first kappa shape index (κ1) is 10.9. The van der Waals surface area contributed by atoms with Gasteiger partial charge in [0.05, 0.1) is 0 Å². The molecule has 0 spiro atoms. The van der Waals surface area contributed by atoms with Gasteiger partial charge in [-0.3, -0.25) is 5.41 Å². The summed E-state index contributed by atoms with van der Waals surface area (Å²) in [6.45, 7) is 5.51. The molecule has 1 aliphatic rings. The van der Waals surface area contributed by atoms with E-state index in [2.05, 4.69) is 23.7 Å². The number of hydrogen-bond acceptors (Lipinski definition) is 3. The SMILES string of the molecule is CC1CC(C)N(c2cccc(C(=N)N)n2)C1. The minimum Gasteiger partial charge on any atom is -0.382 e. The maximum Gasteiger partial charge on any atom is 0.141 e. The second kappa shape index (κ2) is 4.12. The monoisotopic (exact) mass is 218 g/mol. The lowest BCUT2D eigenvalue weighted by Crippen LogP contribution is -2.28. The van der Waals surface area contributed by atoms with E-state index in [0.29, 0.717) is 17.7 Å². The quantitative estimate of drug-likeness (QED) is 0.585. The highest BCUT2D eigenvalue weighted by Gasteiger charge is 2.27. The zero-order chi connectivity index (χ0) is 11.7. The van der Waals surface area contributed by atoms with Gasteiger partial charge >= 0.3 is 0 Å². The largest absolute Gasteiger partial charge is 0.382 e. The average molecular weight is 218 g/mol. The number of rotatable bonds is 2. The summed E-state index contributed by atoms with van der Waals surface area (Å²) in [5, 5.41) is 7.39. The molecule has 0 saturated carbocycles. The predicted molar refractivity (Wildman–Crippen MR) is 65.8 cm³/mol. The lowest BCUT2D eigenvalue weighted by Gasteiger charge is -2.22. The third-order valence-electron chi connectivity index (χ3n) is 3.09. The molecule has 3 N–H and O–H groups in total. The van der Waals surface area contributed by atoms with Gasteiger partial charge in [0.25, 0.3) is 0 Å².